The molecule has 0 radical (unpaired) electrons. The minimum Gasteiger partial charge on any atom is -0.306 e. The first-order chi connectivity index (χ1) is 8.65. The Morgan fingerprint density at radius 3 is 2.61 bits per heavy atom. The monoisotopic (exact) mass is 281 g/mol. The van der Waals surface area contributed by atoms with Crippen LogP contribution in [0, 0.1) is 0 Å². The molecule has 0 aliphatic rings. The van der Waals surface area contributed by atoms with Crippen LogP contribution in [0.5, 0.6) is 0 Å². The van der Waals surface area contributed by atoms with Crippen LogP contribution in [-0.2, 0) is 0 Å². The molecule has 1 aromatic carbocycles. The van der Waals surface area contributed by atoms with Crippen LogP contribution in [-0.4, -0.2) is 11.0 Å². The number of anilines is 2. The average Bonchev–Trinajstić information content (AvgIpc) is 2.32. The maximum Gasteiger partial charge on any atom is 0.324 e. The summed E-state index contributed by atoms with van der Waals surface area (Å²) in [5, 5.41) is 6.13. The predicted molar refractivity (Wildman–Crippen MR) is 73.3 cm³/mol. The van der Waals surface area contributed by atoms with Crippen LogP contribution in [0.2, 0.25) is 10.0 Å². The van der Waals surface area contributed by atoms with Gasteiger partial charge in [-0.25, -0.2) is 9.78 Å². The minimum atomic E-state index is -0.433. The highest BCUT2D eigenvalue weighted by atomic mass is 35.5. The van der Waals surface area contributed by atoms with E-state index in [1.807, 2.05) is 0 Å². The van der Waals surface area contributed by atoms with Gasteiger partial charge < -0.3 is 5.32 Å². The van der Waals surface area contributed by atoms with Crippen LogP contribution in [0.25, 0.3) is 0 Å². The molecule has 0 spiro atoms. The van der Waals surface area contributed by atoms with E-state index in [9.17, 15) is 4.79 Å². The number of urea groups is 1. The van der Waals surface area contributed by atoms with Crippen molar-refractivity contribution in [3.05, 3.63) is 52.6 Å². The molecule has 2 aromatic rings. The Hall–Kier alpha value is -1.78. The molecule has 0 bridgehead atoms. The molecular formula is C12H9Cl2N3O. The number of rotatable bonds is 2. The molecule has 0 unspecified atom stereocenters. The molecule has 0 atom stereocenters. The summed E-state index contributed by atoms with van der Waals surface area (Å²) in [6.45, 7) is 0. The van der Waals surface area contributed by atoms with Crippen molar-refractivity contribution in [2.24, 2.45) is 0 Å². The SMILES string of the molecule is O=C(Nc1cc(Cl)ccn1)Nc1ccccc1Cl. The van der Waals surface area contributed by atoms with E-state index in [0.717, 1.165) is 0 Å². The maximum atomic E-state index is 11.7. The fraction of sp³-hybridized carbons (Fsp3) is 0. The van der Waals surface area contributed by atoms with E-state index < -0.39 is 6.03 Å². The van der Waals surface area contributed by atoms with Gasteiger partial charge in [0.2, 0.25) is 0 Å². The summed E-state index contributed by atoms with van der Waals surface area (Å²) < 4.78 is 0. The number of amides is 2. The topological polar surface area (TPSA) is 54.0 Å². The lowest BCUT2D eigenvalue weighted by atomic mass is 10.3. The van der Waals surface area contributed by atoms with Crippen LogP contribution in [0.3, 0.4) is 0 Å². The number of para-hydroxylation sites is 1. The standard InChI is InChI=1S/C12H9Cl2N3O/c13-8-5-6-15-11(7-8)17-12(18)16-10-4-2-1-3-9(10)14/h1-7H,(H2,15,16,17,18). The summed E-state index contributed by atoms with van der Waals surface area (Å²) >= 11 is 11.7. The van der Waals surface area contributed by atoms with Crippen LogP contribution >= 0.6 is 23.2 Å². The molecule has 0 saturated carbocycles. The van der Waals surface area contributed by atoms with Crippen LogP contribution in [0.15, 0.2) is 42.6 Å². The molecule has 1 heterocycles. The van der Waals surface area contributed by atoms with Crippen LogP contribution < -0.4 is 10.6 Å². The Balaban J connectivity index is 2.03. The summed E-state index contributed by atoms with van der Waals surface area (Å²) in [6.07, 6.45) is 1.51. The molecular weight excluding hydrogens is 273 g/mol. The van der Waals surface area contributed by atoms with Gasteiger partial charge in [0.1, 0.15) is 5.82 Å². The minimum absolute atomic E-state index is 0.368. The van der Waals surface area contributed by atoms with Gasteiger partial charge in [-0.2, -0.15) is 0 Å². The van der Waals surface area contributed by atoms with Gasteiger partial charge in [-0.05, 0) is 24.3 Å². The Kier molecular flexibility index (Phi) is 4.02. The van der Waals surface area contributed by atoms with Gasteiger partial charge in [-0.1, -0.05) is 35.3 Å². The molecule has 6 heteroatoms. The van der Waals surface area contributed by atoms with Gasteiger partial charge in [-0.15, -0.1) is 0 Å². The van der Waals surface area contributed by atoms with Crippen LogP contribution in [0.4, 0.5) is 16.3 Å². The first-order valence-electron chi connectivity index (χ1n) is 5.09. The predicted octanol–water partition coefficient (Wildman–Crippen LogP) is 4.03. The highest BCUT2D eigenvalue weighted by Crippen LogP contribution is 2.20. The molecule has 0 fully saturated rings. The van der Waals surface area contributed by atoms with Crippen molar-refractivity contribution in [2.45, 2.75) is 0 Å². The third-order valence-corrected chi connectivity index (χ3v) is 2.65. The second-order valence-electron chi connectivity index (χ2n) is 3.42. The van der Waals surface area contributed by atoms with Crippen molar-refractivity contribution < 1.29 is 4.79 Å². The highest BCUT2D eigenvalue weighted by molar-refractivity contribution is 6.33. The van der Waals surface area contributed by atoms with Gasteiger partial charge in [-0.3, -0.25) is 5.32 Å². The number of carbonyl (C=O) groups is 1. The fourth-order valence-corrected chi connectivity index (χ4v) is 1.65. The number of halogens is 2. The number of nitrogens with zero attached hydrogens (tertiary/aromatic N) is 1. The van der Waals surface area contributed by atoms with Crippen molar-refractivity contribution in [3.8, 4) is 0 Å². The Bertz CT molecular complexity index is 575. The summed E-state index contributed by atoms with van der Waals surface area (Å²) in [5.74, 6) is 0.368. The van der Waals surface area contributed by atoms with Gasteiger partial charge in [0.25, 0.3) is 0 Å². The highest BCUT2D eigenvalue weighted by Gasteiger charge is 2.06. The van der Waals surface area contributed by atoms with Crippen molar-refractivity contribution in [1.82, 2.24) is 4.98 Å². The number of benzene rings is 1. The van der Waals surface area contributed by atoms with Gasteiger partial charge >= 0.3 is 6.03 Å². The summed E-state index contributed by atoms with van der Waals surface area (Å²) in [6, 6.07) is 9.69. The number of nitrogens with one attached hydrogen (secondary N) is 2. The number of carbonyl (C=O) groups excluding carboxylic acids is 1. The second kappa shape index (κ2) is 5.71. The third-order valence-electron chi connectivity index (χ3n) is 2.09. The lowest BCUT2D eigenvalue weighted by Gasteiger charge is -2.08. The summed E-state index contributed by atoms with van der Waals surface area (Å²) in [4.78, 5) is 15.6. The van der Waals surface area contributed by atoms with E-state index in [0.29, 0.717) is 21.6 Å². The Morgan fingerprint density at radius 2 is 1.89 bits per heavy atom. The molecule has 0 aliphatic carbocycles. The smallest absolute Gasteiger partial charge is 0.306 e. The molecule has 4 nitrogen and oxygen atoms in total. The largest absolute Gasteiger partial charge is 0.324 e. The Morgan fingerprint density at radius 1 is 1.11 bits per heavy atom. The number of hydrogen-bond acceptors (Lipinski definition) is 2. The molecule has 2 N–H and O–H groups in total. The van der Waals surface area contributed by atoms with E-state index in [2.05, 4.69) is 15.6 Å². The molecule has 1 aromatic heterocycles. The maximum absolute atomic E-state index is 11.7. The van der Waals surface area contributed by atoms with Crippen LogP contribution in [0.1, 0.15) is 0 Å². The normalized spacial score (nSPS) is 9.89. The zero-order valence-electron chi connectivity index (χ0n) is 9.15. The lowest BCUT2D eigenvalue weighted by Crippen LogP contribution is -2.20. The number of hydrogen-bond donors (Lipinski definition) is 2. The van der Waals surface area contributed by atoms with Gasteiger partial charge in [0, 0.05) is 11.2 Å². The van der Waals surface area contributed by atoms with E-state index in [-0.39, 0.29) is 0 Å². The summed E-state index contributed by atoms with van der Waals surface area (Å²) in [7, 11) is 0. The molecule has 92 valence electrons. The average molecular weight is 282 g/mol. The van der Waals surface area contributed by atoms with Crippen molar-refractivity contribution in [2.75, 3.05) is 10.6 Å². The second-order valence-corrected chi connectivity index (χ2v) is 4.26. The number of aromatic nitrogens is 1. The first-order valence-corrected chi connectivity index (χ1v) is 5.85. The molecule has 2 amide bonds. The fourth-order valence-electron chi connectivity index (χ4n) is 1.31. The lowest BCUT2D eigenvalue weighted by molar-refractivity contribution is 0.262. The molecule has 0 aliphatic heterocycles. The Labute approximate surface area is 114 Å². The van der Waals surface area contributed by atoms with Crippen molar-refractivity contribution in [3.63, 3.8) is 0 Å². The summed E-state index contributed by atoms with van der Waals surface area (Å²) in [5.41, 5.74) is 0.527. The molecule has 18 heavy (non-hydrogen) atoms. The van der Waals surface area contributed by atoms with E-state index in [4.69, 9.17) is 23.2 Å². The zero-order valence-corrected chi connectivity index (χ0v) is 10.7. The van der Waals surface area contributed by atoms with Crippen molar-refractivity contribution in [1.29, 1.82) is 0 Å². The molecule has 0 saturated heterocycles. The van der Waals surface area contributed by atoms with E-state index >= 15 is 0 Å². The first kappa shape index (κ1) is 12.7. The van der Waals surface area contributed by atoms with Crippen molar-refractivity contribution >= 4 is 40.7 Å². The third kappa shape index (κ3) is 3.35. The van der Waals surface area contributed by atoms with Gasteiger partial charge in [0.15, 0.2) is 0 Å². The van der Waals surface area contributed by atoms with E-state index in [1.54, 1.807) is 36.4 Å². The molecule has 2 rings (SSSR count). The number of pyridine rings is 1. The zero-order chi connectivity index (χ0) is 13.0. The van der Waals surface area contributed by atoms with Gasteiger partial charge in [0.05, 0.1) is 10.7 Å². The van der Waals surface area contributed by atoms with E-state index in [1.165, 1.54) is 6.20 Å². The quantitative estimate of drug-likeness (QED) is 0.873.